The molecule has 0 N–H and O–H groups in total. The van der Waals surface area contributed by atoms with Crippen molar-refractivity contribution in [1.29, 1.82) is 0 Å². The lowest BCUT2D eigenvalue weighted by Crippen LogP contribution is -2.73. The van der Waals surface area contributed by atoms with Gasteiger partial charge >= 0.3 is 6.09 Å². The molecule has 2 aliphatic heterocycles. The molecule has 1 aromatic rings. The number of rotatable bonds is 1. The van der Waals surface area contributed by atoms with Gasteiger partial charge in [0.1, 0.15) is 5.60 Å². The average Bonchev–Trinajstić information content (AvgIpc) is 2.34. The highest BCUT2D eigenvalue weighted by molar-refractivity contribution is 5.70. The molecular weight excluding hydrogens is 278 g/mol. The summed E-state index contributed by atoms with van der Waals surface area (Å²) in [5.41, 5.74) is 1.61. The molecule has 0 bridgehead atoms. The fraction of sp³-hybridized carbons (Fsp3) is 0.529. The Morgan fingerprint density at radius 2 is 1.77 bits per heavy atom. The second-order valence-electron chi connectivity index (χ2n) is 7.32. The van der Waals surface area contributed by atoms with Gasteiger partial charge in [0.25, 0.3) is 0 Å². The highest BCUT2D eigenvalue weighted by Gasteiger charge is 2.54. The predicted molar refractivity (Wildman–Crippen MR) is 85.2 cm³/mol. The lowest BCUT2D eigenvalue weighted by molar-refractivity contribution is -0.0452. The summed E-state index contributed by atoms with van der Waals surface area (Å²) in [4.78, 5) is 19.4. The Kier molecular flexibility index (Phi) is 3.28. The summed E-state index contributed by atoms with van der Waals surface area (Å²) in [6.07, 6.45) is -0.210. The van der Waals surface area contributed by atoms with Crippen LogP contribution in [-0.4, -0.2) is 42.8 Å². The first kappa shape index (κ1) is 14.7. The van der Waals surface area contributed by atoms with E-state index in [2.05, 4.69) is 9.74 Å². The van der Waals surface area contributed by atoms with Crippen molar-refractivity contribution >= 4 is 17.5 Å². The fourth-order valence-electron chi connectivity index (χ4n) is 3.10. The van der Waals surface area contributed by atoms with Crippen molar-refractivity contribution in [3.8, 4) is 0 Å². The van der Waals surface area contributed by atoms with Crippen LogP contribution in [0.1, 0.15) is 20.8 Å². The smallest absolute Gasteiger partial charge is 0.410 e. The molecule has 1 amide bonds. The second-order valence-corrected chi connectivity index (χ2v) is 7.32. The van der Waals surface area contributed by atoms with Crippen molar-refractivity contribution in [2.45, 2.75) is 26.4 Å². The molecule has 5 nitrogen and oxygen atoms in total. The van der Waals surface area contributed by atoms with Gasteiger partial charge < -0.3 is 14.5 Å². The number of benzene rings is 1. The van der Waals surface area contributed by atoms with Gasteiger partial charge in [0, 0.05) is 37.3 Å². The van der Waals surface area contributed by atoms with E-state index in [9.17, 15) is 4.79 Å². The monoisotopic (exact) mass is 299 g/mol. The number of carbonyl (C=O) groups excluding carboxylic acids is 1. The molecule has 1 spiro atoms. The van der Waals surface area contributed by atoms with Gasteiger partial charge in [-0.25, -0.2) is 9.64 Å². The molecule has 0 aromatic heterocycles. The van der Waals surface area contributed by atoms with Gasteiger partial charge in [-0.1, -0.05) is 12.1 Å². The first-order valence-corrected chi connectivity index (χ1v) is 7.51. The third kappa shape index (κ3) is 2.74. The number of amides is 1. The zero-order chi connectivity index (χ0) is 16.0. The Morgan fingerprint density at radius 1 is 1.18 bits per heavy atom. The van der Waals surface area contributed by atoms with Gasteiger partial charge in [0.15, 0.2) is 5.69 Å². The van der Waals surface area contributed by atoms with E-state index in [1.54, 1.807) is 4.90 Å². The van der Waals surface area contributed by atoms with E-state index < -0.39 is 5.60 Å². The lowest BCUT2D eigenvalue weighted by Gasteiger charge is -2.60. The van der Waals surface area contributed by atoms with Crippen molar-refractivity contribution in [3.05, 3.63) is 35.7 Å². The number of ether oxygens (including phenoxy) is 1. The Labute approximate surface area is 131 Å². The summed E-state index contributed by atoms with van der Waals surface area (Å²) in [6, 6.07) is 7.68. The molecule has 22 heavy (non-hydrogen) atoms. The third-order valence-electron chi connectivity index (χ3n) is 4.10. The van der Waals surface area contributed by atoms with Crippen molar-refractivity contribution < 1.29 is 9.53 Å². The molecule has 0 radical (unpaired) electrons. The number of likely N-dealkylation sites (tertiary alicyclic amines) is 1. The van der Waals surface area contributed by atoms with Crippen molar-refractivity contribution in [1.82, 2.24) is 4.90 Å². The molecule has 0 aliphatic carbocycles. The normalized spacial score (nSPS) is 19.2. The van der Waals surface area contributed by atoms with Crippen LogP contribution in [0.3, 0.4) is 0 Å². The first-order chi connectivity index (χ1) is 10.3. The molecule has 3 rings (SSSR count). The van der Waals surface area contributed by atoms with E-state index in [0.29, 0.717) is 5.69 Å². The van der Waals surface area contributed by atoms with Crippen LogP contribution in [0.2, 0.25) is 0 Å². The molecule has 5 heteroatoms. The van der Waals surface area contributed by atoms with Gasteiger partial charge in [-0.05, 0) is 32.9 Å². The van der Waals surface area contributed by atoms with Crippen molar-refractivity contribution in [2.75, 3.05) is 31.1 Å². The maximum absolute atomic E-state index is 12.0. The minimum absolute atomic E-state index is 0.210. The van der Waals surface area contributed by atoms with Gasteiger partial charge in [0.2, 0.25) is 0 Å². The molecule has 0 unspecified atom stereocenters. The van der Waals surface area contributed by atoms with E-state index in [-0.39, 0.29) is 11.5 Å². The number of carbonyl (C=O) groups is 1. The highest BCUT2D eigenvalue weighted by Crippen LogP contribution is 2.42. The molecule has 0 saturated carbocycles. The van der Waals surface area contributed by atoms with Crippen LogP contribution in [0.25, 0.3) is 4.85 Å². The maximum Gasteiger partial charge on any atom is 0.410 e. The molecule has 2 heterocycles. The Bertz CT molecular complexity index is 611. The quantitative estimate of drug-likeness (QED) is 0.747. The largest absolute Gasteiger partial charge is 0.444 e. The summed E-state index contributed by atoms with van der Waals surface area (Å²) in [6.45, 7) is 16.1. The third-order valence-corrected chi connectivity index (χ3v) is 4.10. The number of hydrogen-bond donors (Lipinski definition) is 0. The van der Waals surface area contributed by atoms with E-state index >= 15 is 0 Å². The van der Waals surface area contributed by atoms with Gasteiger partial charge in [0.05, 0.1) is 6.57 Å². The van der Waals surface area contributed by atoms with Crippen molar-refractivity contribution in [2.24, 2.45) is 5.41 Å². The van der Waals surface area contributed by atoms with Gasteiger partial charge in [-0.15, -0.1) is 0 Å². The van der Waals surface area contributed by atoms with Crippen LogP contribution in [0.5, 0.6) is 0 Å². The second kappa shape index (κ2) is 4.91. The first-order valence-electron chi connectivity index (χ1n) is 7.51. The number of anilines is 1. The Balaban J connectivity index is 1.50. The molecule has 2 saturated heterocycles. The summed E-state index contributed by atoms with van der Waals surface area (Å²) in [5.74, 6) is 0. The number of nitrogens with zero attached hydrogens (tertiary/aromatic N) is 3. The predicted octanol–water partition coefficient (Wildman–Crippen LogP) is 3.29. The zero-order valence-corrected chi connectivity index (χ0v) is 13.3. The molecule has 116 valence electrons. The van der Waals surface area contributed by atoms with Gasteiger partial charge in [-0.3, -0.25) is 0 Å². The summed E-state index contributed by atoms with van der Waals surface area (Å²) in [5, 5.41) is 0. The van der Waals surface area contributed by atoms with Crippen LogP contribution in [0.15, 0.2) is 24.3 Å². The highest BCUT2D eigenvalue weighted by atomic mass is 16.6. The van der Waals surface area contributed by atoms with E-state index in [4.69, 9.17) is 11.3 Å². The lowest BCUT2D eigenvalue weighted by atomic mass is 9.73. The molecule has 2 aliphatic rings. The summed E-state index contributed by atoms with van der Waals surface area (Å²) >= 11 is 0. The van der Waals surface area contributed by atoms with Crippen LogP contribution >= 0.6 is 0 Å². The van der Waals surface area contributed by atoms with Crippen LogP contribution < -0.4 is 4.90 Å². The van der Waals surface area contributed by atoms with Crippen LogP contribution in [-0.2, 0) is 4.74 Å². The Hall–Kier alpha value is -2.22. The minimum Gasteiger partial charge on any atom is -0.444 e. The summed E-state index contributed by atoms with van der Waals surface area (Å²) in [7, 11) is 0. The molecule has 0 atom stereocenters. The average molecular weight is 299 g/mol. The summed E-state index contributed by atoms with van der Waals surface area (Å²) < 4.78 is 5.39. The van der Waals surface area contributed by atoms with E-state index in [1.807, 2.05) is 45.0 Å². The topological polar surface area (TPSA) is 37.1 Å². The van der Waals surface area contributed by atoms with Crippen LogP contribution in [0.4, 0.5) is 16.2 Å². The van der Waals surface area contributed by atoms with Crippen molar-refractivity contribution in [3.63, 3.8) is 0 Å². The molecule has 1 aromatic carbocycles. The fourth-order valence-corrected chi connectivity index (χ4v) is 3.10. The molecular formula is C17H21N3O2. The van der Waals surface area contributed by atoms with E-state index in [1.165, 1.54) is 0 Å². The standard InChI is InChI=1S/C17H21N3O2/c1-16(2,3)22-15(21)20-11-17(12-20)9-19(10-17)14-7-5-13(18-4)6-8-14/h5-8H,9-12H2,1-3H3. The zero-order valence-electron chi connectivity index (χ0n) is 13.3. The Morgan fingerprint density at radius 3 is 2.27 bits per heavy atom. The minimum atomic E-state index is -0.434. The number of hydrogen-bond acceptors (Lipinski definition) is 3. The maximum atomic E-state index is 12.0. The molecule has 2 fully saturated rings. The van der Waals surface area contributed by atoms with Gasteiger partial charge in [-0.2, -0.15) is 0 Å². The van der Waals surface area contributed by atoms with E-state index in [0.717, 1.165) is 31.9 Å². The SMILES string of the molecule is [C-]#[N+]c1ccc(N2CC3(CN(C(=O)OC(C)(C)C)C3)C2)cc1. The van der Waals surface area contributed by atoms with Crippen LogP contribution in [0, 0.1) is 12.0 Å².